The fourth-order valence-electron chi connectivity index (χ4n) is 2.15. The Morgan fingerprint density at radius 3 is 2.62 bits per heavy atom. The van der Waals surface area contributed by atoms with Crippen molar-refractivity contribution >= 4 is 29.2 Å². The van der Waals surface area contributed by atoms with Crippen LogP contribution in [0.1, 0.15) is 21.5 Å². The number of hydrogen-bond donors (Lipinski definition) is 2. The standard InChI is InChI=1S/C18H19ClN2O3/c1-12-5-3-4-6-13(12)10-21-17(22)11-20-14-7-8-16(19)15(9-14)18(23)24-2/h3-9,20H,10-11H2,1-2H3,(H,21,22). The van der Waals surface area contributed by atoms with Gasteiger partial charge in [0.05, 0.1) is 24.2 Å². The van der Waals surface area contributed by atoms with Gasteiger partial charge in [-0.15, -0.1) is 0 Å². The third-order valence-corrected chi connectivity index (χ3v) is 3.89. The van der Waals surface area contributed by atoms with Crippen LogP contribution in [0.25, 0.3) is 0 Å². The van der Waals surface area contributed by atoms with E-state index in [4.69, 9.17) is 11.6 Å². The Morgan fingerprint density at radius 2 is 1.92 bits per heavy atom. The first kappa shape index (κ1) is 17.8. The molecule has 0 aromatic heterocycles. The summed E-state index contributed by atoms with van der Waals surface area (Å²) in [6.45, 7) is 2.57. The number of carbonyl (C=O) groups excluding carboxylic acids is 2. The predicted octanol–water partition coefficient (Wildman–Crippen LogP) is 3.16. The summed E-state index contributed by atoms with van der Waals surface area (Å²) in [5, 5.41) is 6.12. The second kappa shape index (κ2) is 8.36. The minimum atomic E-state index is -0.521. The Kier molecular flexibility index (Phi) is 6.21. The molecule has 0 saturated heterocycles. The van der Waals surface area contributed by atoms with Crippen molar-refractivity contribution in [2.24, 2.45) is 0 Å². The van der Waals surface area contributed by atoms with Crippen molar-refractivity contribution in [2.45, 2.75) is 13.5 Å². The first-order valence-electron chi connectivity index (χ1n) is 7.44. The number of halogens is 1. The predicted molar refractivity (Wildman–Crippen MR) is 94.3 cm³/mol. The fraction of sp³-hybridized carbons (Fsp3) is 0.222. The van der Waals surface area contributed by atoms with E-state index in [1.807, 2.05) is 31.2 Å². The number of ether oxygens (including phenoxy) is 1. The van der Waals surface area contributed by atoms with Crippen molar-refractivity contribution in [2.75, 3.05) is 19.0 Å². The molecule has 0 spiro atoms. The largest absolute Gasteiger partial charge is 0.465 e. The molecule has 0 radical (unpaired) electrons. The SMILES string of the molecule is COC(=O)c1cc(NCC(=O)NCc2ccccc2C)ccc1Cl. The van der Waals surface area contributed by atoms with Gasteiger partial charge in [-0.3, -0.25) is 4.79 Å². The van der Waals surface area contributed by atoms with Crippen molar-refractivity contribution in [1.82, 2.24) is 5.32 Å². The van der Waals surface area contributed by atoms with Gasteiger partial charge in [0, 0.05) is 12.2 Å². The summed E-state index contributed by atoms with van der Waals surface area (Å²) >= 11 is 5.96. The van der Waals surface area contributed by atoms with E-state index >= 15 is 0 Å². The second-order valence-electron chi connectivity index (χ2n) is 5.24. The number of carbonyl (C=O) groups is 2. The highest BCUT2D eigenvalue weighted by Gasteiger charge is 2.11. The van der Waals surface area contributed by atoms with Crippen LogP contribution >= 0.6 is 11.6 Å². The first-order valence-corrected chi connectivity index (χ1v) is 7.82. The molecule has 0 atom stereocenters. The Hall–Kier alpha value is -2.53. The first-order chi connectivity index (χ1) is 11.5. The van der Waals surface area contributed by atoms with E-state index in [0.29, 0.717) is 17.3 Å². The van der Waals surface area contributed by atoms with Crippen LogP contribution in [0.4, 0.5) is 5.69 Å². The molecule has 2 rings (SSSR count). The monoisotopic (exact) mass is 346 g/mol. The molecule has 126 valence electrons. The second-order valence-corrected chi connectivity index (χ2v) is 5.65. The molecule has 0 unspecified atom stereocenters. The topological polar surface area (TPSA) is 67.4 Å². The molecule has 6 heteroatoms. The van der Waals surface area contributed by atoms with Crippen LogP contribution < -0.4 is 10.6 Å². The molecule has 2 aromatic carbocycles. The Balaban J connectivity index is 1.90. The lowest BCUT2D eigenvalue weighted by molar-refractivity contribution is -0.119. The molecule has 1 amide bonds. The molecule has 24 heavy (non-hydrogen) atoms. The molecule has 5 nitrogen and oxygen atoms in total. The van der Waals surface area contributed by atoms with Crippen molar-refractivity contribution in [3.8, 4) is 0 Å². The summed E-state index contributed by atoms with van der Waals surface area (Å²) in [5.41, 5.74) is 3.08. The Morgan fingerprint density at radius 1 is 1.17 bits per heavy atom. The average Bonchev–Trinajstić information content (AvgIpc) is 2.59. The zero-order chi connectivity index (χ0) is 17.5. The van der Waals surface area contributed by atoms with Crippen molar-refractivity contribution in [1.29, 1.82) is 0 Å². The van der Waals surface area contributed by atoms with Crippen LogP contribution in [0.5, 0.6) is 0 Å². The lowest BCUT2D eigenvalue weighted by atomic mass is 10.1. The highest BCUT2D eigenvalue weighted by molar-refractivity contribution is 6.33. The van der Waals surface area contributed by atoms with Gasteiger partial charge in [-0.1, -0.05) is 35.9 Å². The lowest BCUT2D eigenvalue weighted by Gasteiger charge is -2.10. The summed E-state index contributed by atoms with van der Waals surface area (Å²) in [6, 6.07) is 12.7. The van der Waals surface area contributed by atoms with E-state index in [2.05, 4.69) is 15.4 Å². The molecule has 0 fully saturated rings. The number of methoxy groups -OCH3 is 1. The van der Waals surface area contributed by atoms with E-state index in [0.717, 1.165) is 11.1 Å². The fourth-order valence-corrected chi connectivity index (χ4v) is 2.34. The van der Waals surface area contributed by atoms with Crippen LogP contribution in [-0.2, 0) is 16.1 Å². The quantitative estimate of drug-likeness (QED) is 0.788. The number of nitrogens with one attached hydrogen (secondary N) is 2. The summed E-state index contributed by atoms with van der Waals surface area (Å²) in [4.78, 5) is 23.6. The molecule has 2 aromatic rings. The lowest BCUT2D eigenvalue weighted by Crippen LogP contribution is -2.29. The van der Waals surface area contributed by atoms with Gasteiger partial charge in [-0.05, 0) is 36.2 Å². The van der Waals surface area contributed by atoms with Crippen molar-refractivity contribution in [3.63, 3.8) is 0 Å². The van der Waals surface area contributed by atoms with E-state index in [9.17, 15) is 9.59 Å². The van der Waals surface area contributed by atoms with E-state index in [-0.39, 0.29) is 18.0 Å². The summed E-state index contributed by atoms with van der Waals surface area (Å²) in [7, 11) is 1.29. The maximum absolute atomic E-state index is 12.0. The van der Waals surface area contributed by atoms with Crippen molar-refractivity contribution < 1.29 is 14.3 Å². The third kappa shape index (κ3) is 4.73. The molecule has 0 saturated carbocycles. The van der Waals surface area contributed by atoms with E-state index in [1.54, 1.807) is 18.2 Å². The number of hydrogen-bond acceptors (Lipinski definition) is 4. The van der Waals surface area contributed by atoms with Gasteiger partial charge in [0.1, 0.15) is 0 Å². The van der Waals surface area contributed by atoms with Gasteiger partial charge in [0.25, 0.3) is 0 Å². The molecule has 0 heterocycles. The summed E-state index contributed by atoms with van der Waals surface area (Å²) in [6.07, 6.45) is 0. The minimum absolute atomic E-state index is 0.0914. The molecule has 0 aliphatic carbocycles. The van der Waals surface area contributed by atoms with Crippen LogP contribution in [0.3, 0.4) is 0 Å². The number of amides is 1. The molecular formula is C18H19ClN2O3. The summed E-state index contributed by atoms with van der Waals surface area (Å²) < 4.78 is 4.67. The van der Waals surface area contributed by atoms with Crippen LogP contribution in [0.15, 0.2) is 42.5 Å². The van der Waals surface area contributed by atoms with Crippen LogP contribution in [0.2, 0.25) is 5.02 Å². The number of benzene rings is 2. The van der Waals surface area contributed by atoms with Gasteiger partial charge in [-0.2, -0.15) is 0 Å². The van der Waals surface area contributed by atoms with Gasteiger partial charge in [-0.25, -0.2) is 4.79 Å². The number of aryl methyl sites for hydroxylation is 1. The Labute approximate surface area is 146 Å². The molecule has 0 aliphatic heterocycles. The van der Waals surface area contributed by atoms with Crippen LogP contribution in [0, 0.1) is 6.92 Å². The van der Waals surface area contributed by atoms with E-state index < -0.39 is 5.97 Å². The maximum atomic E-state index is 12.0. The zero-order valence-corrected chi connectivity index (χ0v) is 14.3. The van der Waals surface area contributed by atoms with Gasteiger partial charge in [0.15, 0.2) is 0 Å². The van der Waals surface area contributed by atoms with Gasteiger partial charge < -0.3 is 15.4 Å². The molecule has 2 N–H and O–H groups in total. The van der Waals surface area contributed by atoms with Gasteiger partial charge in [0.2, 0.25) is 5.91 Å². The number of anilines is 1. The molecular weight excluding hydrogens is 328 g/mol. The minimum Gasteiger partial charge on any atom is -0.465 e. The zero-order valence-electron chi connectivity index (χ0n) is 13.6. The maximum Gasteiger partial charge on any atom is 0.339 e. The highest BCUT2D eigenvalue weighted by Crippen LogP contribution is 2.21. The Bertz CT molecular complexity index is 747. The van der Waals surface area contributed by atoms with E-state index in [1.165, 1.54) is 7.11 Å². The normalized spacial score (nSPS) is 10.1. The van der Waals surface area contributed by atoms with Crippen molar-refractivity contribution in [3.05, 3.63) is 64.2 Å². The van der Waals surface area contributed by atoms with Gasteiger partial charge >= 0.3 is 5.97 Å². The number of rotatable bonds is 6. The number of esters is 1. The molecule has 0 aliphatic rings. The summed E-state index contributed by atoms with van der Waals surface area (Å²) in [5.74, 6) is -0.666. The highest BCUT2D eigenvalue weighted by atomic mass is 35.5. The van der Waals surface area contributed by atoms with Crippen LogP contribution in [-0.4, -0.2) is 25.5 Å². The smallest absolute Gasteiger partial charge is 0.339 e. The average molecular weight is 347 g/mol. The third-order valence-electron chi connectivity index (χ3n) is 3.56. The molecule has 0 bridgehead atoms.